The first-order valence-electron chi connectivity index (χ1n) is 21.5. The molecule has 387 valence electrons. The third kappa shape index (κ3) is 22.9. The van der Waals surface area contributed by atoms with E-state index in [1.807, 2.05) is 72.8 Å². The molecule has 0 bridgehead atoms. The van der Waals surface area contributed by atoms with E-state index in [1.54, 1.807) is 24.8 Å². The third-order valence-electron chi connectivity index (χ3n) is 9.53. The van der Waals surface area contributed by atoms with Gasteiger partial charge >= 0.3 is 31.3 Å². The molecular formula is C52H36B2Cl6CoF8N6. The van der Waals surface area contributed by atoms with E-state index < -0.39 is 23.1 Å². The van der Waals surface area contributed by atoms with Crippen LogP contribution in [0.2, 0.25) is 0 Å². The Balaban J connectivity index is 0.000000243. The van der Waals surface area contributed by atoms with Crippen molar-refractivity contribution in [2.75, 3.05) is 0 Å². The van der Waals surface area contributed by atoms with Gasteiger partial charge < -0.3 is 34.5 Å². The molecule has 23 heteroatoms. The molecule has 10 aromatic rings. The topological polar surface area (TPSA) is 77.3 Å². The molecule has 0 amide bonds. The van der Waals surface area contributed by atoms with Gasteiger partial charge in [-0.05, 0) is 129 Å². The average Bonchev–Trinajstić information content (AvgIpc) is 3.38. The minimum atomic E-state index is -6.00. The zero-order valence-corrected chi connectivity index (χ0v) is 43.8. The number of alkyl halides is 6. The molecule has 0 atom stereocenters. The molecule has 0 spiro atoms. The maximum absolute atomic E-state index is 9.75. The Morgan fingerprint density at radius 2 is 0.507 bits per heavy atom. The van der Waals surface area contributed by atoms with Crippen molar-refractivity contribution in [3.8, 4) is 67.8 Å². The van der Waals surface area contributed by atoms with Crippen molar-refractivity contribution < 1.29 is 51.3 Å². The average molecular weight is 1190 g/mol. The fourth-order valence-electron chi connectivity index (χ4n) is 6.71. The van der Waals surface area contributed by atoms with Crippen LogP contribution < -0.4 is 0 Å². The smallest absolute Gasteiger partial charge is 0.418 e. The molecule has 1 radical (unpaired) electrons. The molecular weight excluding hydrogens is 1150 g/mol. The van der Waals surface area contributed by atoms with Gasteiger partial charge in [0.2, 0.25) is 0 Å². The van der Waals surface area contributed by atoms with Crippen molar-refractivity contribution >= 4 is 106 Å². The summed E-state index contributed by atoms with van der Waals surface area (Å²) in [5.41, 5.74) is 11.3. The largest absolute Gasteiger partial charge is 2.00 e. The maximum atomic E-state index is 9.75. The minimum absolute atomic E-state index is 0. The number of hydrogen-bond acceptors (Lipinski definition) is 6. The second kappa shape index (κ2) is 30.6. The number of benzene rings is 4. The molecule has 4 aromatic carbocycles. The number of halogens is 14. The first-order valence-corrected chi connectivity index (χ1v) is 24.1. The number of rotatable bonds is 6. The van der Waals surface area contributed by atoms with Crippen molar-refractivity contribution in [3.05, 3.63) is 207 Å². The van der Waals surface area contributed by atoms with Gasteiger partial charge in [-0.3, -0.25) is 19.9 Å². The summed E-state index contributed by atoms with van der Waals surface area (Å²) in [6.07, 6.45) is 7.17. The van der Waals surface area contributed by atoms with E-state index in [9.17, 15) is 34.5 Å². The Morgan fingerprint density at radius 3 is 0.733 bits per heavy atom. The van der Waals surface area contributed by atoms with Crippen LogP contribution in [0, 0.1) is 0 Å². The van der Waals surface area contributed by atoms with Gasteiger partial charge in [0.1, 0.15) is 0 Å². The van der Waals surface area contributed by atoms with Crippen molar-refractivity contribution in [1.29, 1.82) is 0 Å². The Kier molecular flexibility index (Phi) is 25.2. The van der Waals surface area contributed by atoms with E-state index in [-0.39, 0.29) is 16.8 Å². The van der Waals surface area contributed by atoms with E-state index in [2.05, 4.69) is 129 Å². The number of fused-ring (bicyclic) bond motifs is 2. The minimum Gasteiger partial charge on any atom is -0.418 e. The van der Waals surface area contributed by atoms with Crippen LogP contribution in [0.1, 0.15) is 0 Å². The second-order valence-corrected chi connectivity index (χ2v) is 18.7. The Morgan fingerprint density at radius 1 is 0.280 bits per heavy atom. The monoisotopic (exact) mass is 1190 g/mol. The quantitative estimate of drug-likeness (QED) is 0.0938. The van der Waals surface area contributed by atoms with Crippen LogP contribution in [-0.2, 0) is 16.8 Å². The van der Waals surface area contributed by atoms with Crippen LogP contribution in [0.4, 0.5) is 34.5 Å². The van der Waals surface area contributed by atoms with Gasteiger partial charge in [0.15, 0.2) is 8.59 Å². The molecule has 0 saturated heterocycles. The fraction of sp³-hybridized carbons (Fsp3) is 0.0385. The Bertz CT molecular complexity index is 2940. The molecule has 6 nitrogen and oxygen atoms in total. The second-order valence-electron chi connectivity index (χ2n) is 14.7. The van der Waals surface area contributed by atoms with Crippen LogP contribution in [0.3, 0.4) is 0 Å². The molecule has 6 aromatic heterocycles. The summed E-state index contributed by atoms with van der Waals surface area (Å²) in [6, 6.07) is 61.7. The molecule has 10 rings (SSSR count). The SMILES string of the molecule is ClC(Cl)Cl.ClC(Cl)Cl.F[B-](F)(F)F.F[B-](F)(F)F.[Co+2].c1ccc(-c2cc(-c3ccc4ccccc4c3)cc(-c3ccccn3)n2)nc1.c1ccc(-c2cc(-c3ccc4ccccc4c3)cc(-c3ccccn3)n2)nc1. The zero-order valence-electron chi connectivity index (χ0n) is 38.2. The molecule has 6 heterocycles. The van der Waals surface area contributed by atoms with Gasteiger partial charge in [-0.15, -0.1) is 0 Å². The van der Waals surface area contributed by atoms with Crippen LogP contribution in [0.15, 0.2) is 207 Å². The number of hydrogen-bond donors (Lipinski definition) is 0. The zero-order chi connectivity index (χ0) is 53.7. The number of pyridine rings is 6. The molecule has 0 saturated carbocycles. The van der Waals surface area contributed by atoms with Crippen LogP contribution in [-0.4, -0.2) is 53.0 Å². The first kappa shape index (κ1) is 61.7. The summed E-state index contributed by atoms with van der Waals surface area (Å²) in [4.78, 5) is 27.6. The first-order chi connectivity index (χ1) is 35.2. The Labute approximate surface area is 466 Å². The molecule has 0 aliphatic heterocycles. The number of nitrogens with zero attached hydrogens (tertiary/aromatic N) is 6. The molecule has 75 heavy (non-hydrogen) atoms. The van der Waals surface area contributed by atoms with Crippen molar-refractivity contribution in [3.63, 3.8) is 0 Å². The van der Waals surface area contributed by atoms with E-state index in [1.165, 1.54) is 21.5 Å². The fourth-order valence-corrected chi connectivity index (χ4v) is 6.71. The van der Waals surface area contributed by atoms with Crippen molar-refractivity contribution in [2.45, 2.75) is 8.59 Å². The van der Waals surface area contributed by atoms with Crippen LogP contribution in [0.25, 0.3) is 89.4 Å². The van der Waals surface area contributed by atoms with Gasteiger partial charge in [-0.25, -0.2) is 9.97 Å². The van der Waals surface area contributed by atoms with E-state index in [0.717, 1.165) is 67.8 Å². The maximum Gasteiger partial charge on any atom is 2.00 e. The summed E-state index contributed by atoms with van der Waals surface area (Å²) in [5, 5.41) is 4.90. The van der Waals surface area contributed by atoms with Crippen molar-refractivity contribution in [1.82, 2.24) is 29.9 Å². The normalized spacial score (nSPS) is 10.7. The molecule has 0 aliphatic rings. The molecule has 0 unspecified atom stereocenters. The van der Waals surface area contributed by atoms with E-state index >= 15 is 0 Å². The van der Waals surface area contributed by atoms with Crippen LogP contribution >= 0.6 is 69.6 Å². The van der Waals surface area contributed by atoms with Crippen LogP contribution in [0.5, 0.6) is 0 Å². The van der Waals surface area contributed by atoms with Gasteiger partial charge in [0.05, 0.1) is 45.6 Å². The number of aromatic nitrogens is 6. The van der Waals surface area contributed by atoms with E-state index in [0.29, 0.717) is 0 Å². The summed E-state index contributed by atoms with van der Waals surface area (Å²) in [6.45, 7) is 0. The van der Waals surface area contributed by atoms with Gasteiger partial charge in [0, 0.05) is 24.8 Å². The summed E-state index contributed by atoms with van der Waals surface area (Å²) >= 11 is 28.8. The predicted octanol–water partition coefficient (Wildman–Crippen LogP) is 18.6. The Hall–Kier alpha value is -5.88. The molecule has 0 aliphatic carbocycles. The molecule has 0 N–H and O–H groups in total. The molecule has 0 fully saturated rings. The van der Waals surface area contributed by atoms with Gasteiger partial charge in [-0.1, -0.05) is 167 Å². The standard InChI is InChI=1S/2C25H17N3.2CHCl3.2BF4.Co/c2*1-2-8-19-15-20(12-11-18(19)7-1)21-16-24(22-9-3-5-13-26-22)28-25(17-21)23-10-4-6-14-27-23;2*2-1(3)4;2*2-1(3,4)5;/h2*1-17H;2*1H;;;/q;;;;2*-1;+2. The van der Waals surface area contributed by atoms with Crippen molar-refractivity contribution in [2.24, 2.45) is 0 Å². The summed E-state index contributed by atoms with van der Waals surface area (Å²) in [5.74, 6) is 0. The predicted molar refractivity (Wildman–Crippen MR) is 290 cm³/mol. The van der Waals surface area contributed by atoms with E-state index in [4.69, 9.17) is 79.6 Å². The summed E-state index contributed by atoms with van der Waals surface area (Å²) in [7, 11) is -12.0. The third-order valence-corrected chi connectivity index (χ3v) is 9.53. The summed E-state index contributed by atoms with van der Waals surface area (Å²) < 4.78 is 76.5. The van der Waals surface area contributed by atoms with Gasteiger partial charge in [-0.2, -0.15) is 0 Å². The van der Waals surface area contributed by atoms with Gasteiger partial charge in [0.25, 0.3) is 0 Å².